The maximum absolute atomic E-state index is 12.1. The summed E-state index contributed by atoms with van der Waals surface area (Å²) in [5.74, 6) is 0.0561. The molecule has 6 heteroatoms. The van der Waals surface area contributed by atoms with Gasteiger partial charge in [-0.1, -0.05) is 35.9 Å². The predicted octanol–water partition coefficient (Wildman–Crippen LogP) is 2.35. The van der Waals surface area contributed by atoms with E-state index in [1.807, 2.05) is 6.92 Å². The second kappa shape index (κ2) is 5.33. The molecule has 1 rings (SSSR count). The molecule has 0 atom stereocenters. The Kier molecular flexibility index (Phi) is 4.31. The Hall–Kier alpha value is -1.33. The van der Waals surface area contributed by atoms with Crippen molar-refractivity contribution < 1.29 is 8.42 Å². The van der Waals surface area contributed by atoms with Gasteiger partial charge in [0.05, 0.1) is 10.6 Å². The maximum atomic E-state index is 12.1. The zero-order chi connectivity index (χ0) is 13.1. The highest BCUT2D eigenvalue weighted by atomic mass is 35.5. The molecule has 0 N–H and O–H groups in total. The fourth-order valence-electron chi connectivity index (χ4n) is 1.14. The zero-order valence-electron chi connectivity index (χ0n) is 9.59. The minimum atomic E-state index is -3.62. The first-order valence-corrected chi connectivity index (χ1v) is 6.64. The van der Waals surface area contributed by atoms with Crippen molar-refractivity contribution in [3.05, 3.63) is 42.2 Å². The highest BCUT2D eigenvalue weighted by Gasteiger charge is 2.21. The number of hydrogen-bond donors (Lipinski definition) is 0. The average Bonchev–Trinajstić information content (AvgIpc) is 2.29. The van der Waals surface area contributed by atoms with E-state index in [1.54, 1.807) is 24.3 Å². The molecule has 1 aromatic carbocycles. The third-order valence-electron chi connectivity index (χ3n) is 2.24. The summed E-state index contributed by atoms with van der Waals surface area (Å²) in [7, 11) is -2.24. The second-order valence-corrected chi connectivity index (χ2v) is 5.59. The molecule has 17 heavy (non-hydrogen) atoms. The van der Waals surface area contributed by atoms with Gasteiger partial charge in [-0.3, -0.25) is 4.31 Å². The minimum Gasteiger partial charge on any atom is -0.253 e. The van der Waals surface area contributed by atoms with E-state index in [0.29, 0.717) is 0 Å². The van der Waals surface area contributed by atoms with Crippen LogP contribution in [0.2, 0.25) is 0 Å². The van der Waals surface area contributed by atoms with Crippen molar-refractivity contribution in [2.45, 2.75) is 11.8 Å². The monoisotopic (exact) mass is 272 g/mol. The van der Waals surface area contributed by atoms with E-state index in [1.165, 1.54) is 7.05 Å². The summed E-state index contributed by atoms with van der Waals surface area (Å²) in [4.78, 5) is 3.82. The lowest BCUT2D eigenvalue weighted by molar-refractivity contribution is 0.522. The van der Waals surface area contributed by atoms with Gasteiger partial charge in [-0.2, -0.15) is 0 Å². The fraction of sp³-hybridized carbons (Fsp3) is 0.182. The van der Waals surface area contributed by atoms with Gasteiger partial charge in [0.1, 0.15) is 5.82 Å². The van der Waals surface area contributed by atoms with Crippen LogP contribution in [-0.2, 0) is 10.0 Å². The smallest absolute Gasteiger partial charge is 0.253 e. The first-order chi connectivity index (χ1) is 7.89. The minimum absolute atomic E-state index is 0.0561. The Balaban J connectivity index is 3.11. The van der Waals surface area contributed by atoms with E-state index in [9.17, 15) is 8.42 Å². The topological polar surface area (TPSA) is 49.7 Å². The molecule has 0 aliphatic heterocycles. The SMILES string of the molecule is C=C(N=CCl)N(C)S(=O)(=O)c1ccc(C)cc1. The Morgan fingerprint density at radius 3 is 2.41 bits per heavy atom. The first kappa shape index (κ1) is 13.7. The van der Waals surface area contributed by atoms with Crippen LogP contribution < -0.4 is 0 Å². The Labute approximate surface area is 106 Å². The van der Waals surface area contributed by atoms with E-state index in [4.69, 9.17) is 11.6 Å². The summed E-state index contributed by atoms with van der Waals surface area (Å²) in [6.45, 7) is 5.40. The summed E-state index contributed by atoms with van der Waals surface area (Å²) in [5.41, 5.74) is 1.97. The van der Waals surface area contributed by atoms with Gasteiger partial charge in [0.2, 0.25) is 0 Å². The molecule has 0 saturated carbocycles. The lowest BCUT2D eigenvalue weighted by atomic mass is 10.2. The molecule has 4 nitrogen and oxygen atoms in total. The van der Waals surface area contributed by atoms with Crippen LogP contribution in [0, 0.1) is 6.92 Å². The number of aryl methyl sites for hydroxylation is 1. The van der Waals surface area contributed by atoms with Crippen molar-refractivity contribution in [3.8, 4) is 0 Å². The van der Waals surface area contributed by atoms with Crippen LogP contribution in [0.3, 0.4) is 0 Å². The van der Waals surface area contributed by atoms with Gasteiger partial charge >= 0.3 is 0 Å². The summed E-state index contributed by atoms with van der Waals surface area (Å²) in [5, 5.41) is 0. The molecule has 0 spiro atoms. The van der Waals surface area contributed by atoms with Crippen molar-refractivity contribution in [3.63, 3.8) is 0 Å². The number of rotatable bonds is 4. The van der Waals surface area contributed by atoms with Gasteiger partial charge in [0, 0.05) is 7.05 Å². The Morgan fingerprint density at radius 1 is 1.41 bits per heavy atom. The molecule has 0 radical (unpaired) electrons. The van der Waals surface area contributed by atoms with Gasteiger partial charge in [0.25, 0.3) is 10.0 Å². The molecule has 0 unspecified atom stereocenters. The molecule has 92 valence electrons. The second-order valence-electron chi connectivity index (χ2n) is 3.43. The quantitative estimate of drug-likeness (QED) is 0.790. The number of halogens is 1. The van der Waals surface area contributed by atoms with Crippen LogP contribution in [0.15, 0.2) is 46.6 Å². The number of sulfonamides is 1. The van der Waals surface area contributed by atoms with E-state index >= 15 is 0 Å². The van der Waals surface area contributed by atoms with Crippen molar-refractivity contribution >= 4 is 27.3 Å². The number of hydrogen-bond acceptors (Lipinski definition) is 3. The Bertz CT molecular complexity index is 535. The predicted molar refractivity (Wildman–Crippen MR) is 69.6 cm³/mol. The third kappa shape index (κ3) is 3.08. The van der Waals surface area contributed by atoms with Crippen LogP contribution in [-0.4, -0.2) is 25.4 Å². The van der Waals surface area contributed by atoms with Gasteiger partial charge in [0.15, 0.2) is 0 Å². The summed E-state index contributed by atoms with van der Waals surface area (Å²) in [6.07, 6.45) is 0. The number of aliphatic imine (C=N–C) groups is 1. The summed E-state index contributed by atoms with van der Waals surface area (Å²) < 4.78 is 25.2. The molecule has 0 bridgehead atoms. The summed E-state index contributed by atoms with van der Waals surface area (Å²) in [6, 6.07) is 6.54. The molecule has 0 saturated heterocycles. The van der Waals surface area contributed by atoms with Crippen molar-refractivity contribution in [1.82, 2.24) is 4.31 Å². The van der Waals surface area contributed by atoms with Gasteiger partial charge < -0.3 is 0 Å². The molecule has 0 heterocycles. The van der Waals surface area contributed by atoms with Gasteiger partial charge in [-0.15, -0.1) is 0 Å². The first-order valence-electron chi connectivity index (χ1n) is 4.77. The molecule has 0 fully saturated rings. The number of nitrogens with zero attached hydrogens (tertiary/aromatic N) is 2. The van der Waals surface area contributed by atoms with E-state index in [-0.39, 0.29) is 10.7 Å². The lowest BCUT2D eigenvalue weighted by Gasteiger charge is -2.18. The third-order valence-corrected chi connectivity index (χ3v) is 4.14. The van der Waals surface area contributed by atoms with Crippen molar-refractivity contribution in [2.24, 2.45) is 4.99 Å². The normalized spacial score (nSPS) is 11.7. The van der Waals surface area contributed by atoms with Crippen LogP contribution in [0.25, 0.3) is 0 Å². The van der Waals surface area contributed by atoms with Crippen LogP contribution in [0.4, 0.5) is 0 Å². The largest absolute Gasteiger partial charge is 0.265 e. The van der Waals surface area contributed by atoms with Gasteiger partial charge in [-0.25, -0.2) is 13.4 Å². The highest BCUT2D eigenvalue weighted by molar-refractivity contribution is 7.89. The van der Waals surface area contributed by atoms with E-state index < -0.39 is 10.0 Å². The number of benzene rings is 1. The van der Waals surface area contributed by atoms with Crippen molar-refractivity contribution in [2.75, 3.05) is 7.05 Å². The van der Waals surface area contributed by atoms with Gasteiger partial charge in [-0.05, 0) is 19.1 Å². The average molecular weight is 273 g/mol. The maximum Gasteiger partial charge on any atom is 0.265 e. The summed E-state index contributed by atoms with van der Waals surface area (Å²) >= 11 is 5.28. The zero-order valence-corrected chi connectivity index (χ0v) is 11.2. The van der Waals surface area contributed by atoms with Crippen molar-refractivity contribution in [1.29, 1.82) is 0 Å². The van der Waals surface area contributed by atoms with Crippen LogP contribution in [0.1, 0.15) is 5.56 Å². The van der Waals surface area contributed by atoms with E-state index in [0.717, 1.165) is 15.5 Å². The van der Waals surface area contributed by atoms with E-state index in [2.05, 4.69) is 11.6 Å². The molecule has 0 aromatic heterocycles. The standard InChI is InChI=1S/C11H13ClN2O2S/c1-9-4-6-11(7-5-9)17(15,16)14(3)10(2)13-8-12/h4-8H,2H2,1,3H3. The lowest BCUT2D eigenvalue weighted by Crippen LogP contribution is -2.25. The van der Waals surface area contributed by atoms with Crippen LogP contribution >= 0.6 is 11.6 Å². The molecular weight excluding hydrogens is 260 g/mol. The Morgan fingerprint density at radius 2 is 1.94 bits per heavy atom. The van der Waals surface area contributed by atoms with Crippen LogP contribution in [0.5, 0.6) is 0 Å². The molecule has 0 aliphatic carbocycles. The molecule has 0 aliphatic rings. The molecule has 0 amide bonds. The fourth-order valence-corrected chi connectivity index (χ4v) is 2.38. The molecular formula is C11H13ClN2O2S. The highest BCUT2D eigenvalue weighted by Crippen LogP contribution is 2.18. The molecule has 1 aromatic rings.